The van der Waals surface area contributed by atoms with E-state index in [1.807, 2.05) is 24.3 Å². The lowest BCUT2D eigenvalue weighted by Crippen LogP contribution is -2.10. The van der Waals surface area contributed by atoms with Gasteiger partial charge < -0.3 is 9.47 Å². The van der Waals surface area contributed by atoms with Crippen molar-refractivity contribution in [2.24, 2.45) is 0 Å². The van der Waals surface area contributed by atoms with Crippen molar-refractivity contribution < 1.29 is 14.3 Å². The summed E-state index contributed by atoms with van der Waals surface area (Å²) in [6, 6.07) is 7.54. The molecule has 22 heavy (non-hydrogen) atoms. The summed E-state index contributed by atoms with van der Waals surface area (Å²) in [6.45, 7) is 0. The van der Waals surface area contributed by atoms with Crippen molar-refractivity contribution in [3.63, 3.8) is 0 Å². The van der Waals surface area contributed by atoms with E-state index < -0.39 is 0 Å². The normalized spacial score (nSPS) is 15.7. The summed E-state index contributed by atoms with van der Waals surface area (Å²) in [6.07, 6.45) is 6.07. The van der Waals surface area contributed by atoms with Crippen LogP contribution in [0.2, 0.25) is 0 Å². The Labute approximate surface area is 130 Å². The van der Waals surface area contributed by atoms with E-state index in [2.05, 4.69) is 0 Å². The molecule has 0 saturated heterocycles. The number of rotatable bonds is 3. The molecule has 1 saturated carbocycles. The van der Waals surface area contributed by atoms with Crippen LogP contribution in [0, 0.1) is 0 Å². The van der Waals surface area contributed by atoms with Gasteiger partial charge in [-0.25, -0.2) is 4.79 Å². The van der Waals surface area contributed by atoms with Gasteiger partial charge in [-0.1, -0.05) is 19.3 Å². The summed E-state index contributed by atoms with van der Waals surface area (Å²) in [5.74, 6) is 0.839. The summed E-state index contributed by atoms with van der Waals surface area (Å²) < 4.78 is 10.2. The fourth-order valence-corrected chi connectivity index (χ4v) is 3.24. The Bertz CT molecular complexity index is 690. The van der Waals surface area contributed by atoms with Crippen molar-refractivity contribution in [1.82, 2.24) is 4.98 Å². The van der Waals surface area contributed by atoms with Gasteiger partial charge in [0.15, 0.2) is 0 Å². The first kappa shape index (κ1) is 14.8. The molecule has 0 unspecified atom stereocenters. The number of hydrogen-bond donors (Lipinski definition) is 0. The van der Waals surface area contributed by atoms with Gasteiger partial charge in [-0.05, 0) is 37.1 Å². The predicted octanol–water partition coefficient (Wildman–Crippen LogP) is 4.08. The molecule has 1 aliphatic rings. The monoisotopic (exact) mass is 299 g/mol. The van der Waals surface area contributed by atoms with Crippen LogP contribution in [0.1, 0.15) is 54.1 Å². The van der Waals surface area contributed by atoms with Gasteiger partial charge >= 0.3 is 5.97 Å². The number of ether oxygens (including phenoxy) is 2. The van der Waals surface area contributed by atoms with Crippen molar-refractivity contribution in [3.05, 3.63) is 35.5 Å². The predicted molar refractivity (Wildman–Crippen MR) is 85.5 cm³/mol. The van der Waals surface area contributed by atoms with E-state index in [4.69, 9.17) is 14.5 Å². The first-order valence-corrected chi connectivity index (χ1v) is 7.80. The Morgan fingerprint density at radius 2 is 1.91 bits per heavy atom. The molecule has 2 aromatic rings. The van der Waals surface area contributed by atoms with Gasteiger partial charge in [-0.2, -0.15) is 0 Å². The van der Waals surface area contributed by atoms with Gasteiger partial charge in [0.2, 0.25) is 0 Å². The molecule has 3 rings (SSSR count). The smallest absolute Gasteiger partial charge is 0.338 e. The molecule has 4 heteroatoms. The minimum absolute atomic E-state index is 0.322. The molecular formula is C18H21NO3. The highest BCUT2D eigenvalue weighted by Crippen LogP contribution is 2.34. The number of fused-ring (bicyclic) bond motifs is 1. The molecule has 0 atom stereocenters. The van der Waals surface area contributed by atoms with Crippen molar-refractivity contribution in [2.45, 2.75) is 38.0 Å². The summed E-state index contributed by atoms with van der Waals surface area (Å²) in [4.78, 5) is 17.0. The second kappa shape index (κ2) is 6.34. The van der Waals surface area contributed by atoms with E-state index in [0.717, 1.165) is 29.4 Å². The number of aromatic nitrogens is 1. The fraction of sp³-hybridized carbons (Fsp3) is 0.444. The van der Waals surface area contributed by atoms with Gasteiger partial charge in [0.1, 0.15) is 5.75 Å². The first-order valence-electron chi connectivity index (χ1n) is 7.80. The maximum Gasteiger partial charge on any atom is 0.338 e. The van der Waals surface area contributed by atoms with E-state index >= 15 is 0 Å². The highest BCUT2D eigenvalue weighted by molar-refractivity contribution is 6.03. The molecule has 1 aromatic carbocycles. The quantitative estimate of drug-likeness (QED) is 0.801. The van der Waals surface area contributed by atoms with E-state index in [0.29, 0.717) is 17.2 Å². The third-order valence-corrected chi connectivity index (χ3v) is 4.46. The molecule has 116 valence electrons. The van der Waals surface area contributed by atoms with E-state index in [1.54, 1.807) is 7.11 Å². The zero-order chi connectivity index (χ0) is 15.5. The number of methoxy groups -OCH3 is 2. The molecule has 0 aliphatic heterocycles. The Kier molecular flexibility index (Phi) is 4.27. The van der Waals surface area contributed by atoms with Gasteiger partial charge in [0.05, 0.1) is 25.3 Å². The largest absolute Gasteiger partial charge is 0.497 e. The summed E-state index contributed by atoms with van der Waals surface area (Å²) in [7, 11) is 3.03. The number of nitrogens with zero attached hydrogens (tertiary/aromatic N) is 1. The lowest BCUT2D eigenvalue weighted by molar-refractivity contribution is 0.0602. The molecule has 0 radical (unpaired) electrons. The van der Waals surface area contributed by atoms with Crippen LogP contribution < -0.4 is 4.74 Å². The molecule has 0 amide bonds. The number of esters is 1. The van der Waals surface area contributed by atoms with Crippen LogP contribution >= 0.6 is 0 Å². The average Bonchev–Trinajstić information content (AvgIpc) is 2.60. The Hall–Kier alpha value is -2.10. The standard InChI is InChI=1S/C18H21NO3/c1-21-13-8-9-16-14(10-13)15(18(20)22-2)11-17(19-16)12-6-4-3-5-7-12/h8-12H,3-7H2,1-2H3. The van der Waals surface area contributed by atoms with Crippen LogP contribution in [-0.2, 0) is 4.74 Å². The topological polar surface area (TPSA) is 48.4 Å². The molecule has 1 aliphatic carbocycles. The van der Waals surface area contributed by atoms with E-state index in [-0.39, 0.29) is 5.97 Å². The Balaban J connectivity index is 2.13. The van der Waals surface area contributed by atoms with Crippen molar-refractivity contribution in [2.75, 3.05) is 14.2 Å². The number of hydrogen-bond acceptors (Lipinski definition) is 4. The van der Waals surface area contributed by atoms with E-state index in [1.165, 1.54) is 26.4 Å². The third-order valence-electron chi connectivity index (χ3n) is 4.46. The van der Waals surface area contributed by atoms with Crippen LogP contribution in [0.15, 0.2) is 24.3 Å². The molecule has 1 heterocycles. The first-order chi connectivity index (χ1) is 10.7. The highest BCUT2D eigenvalue weighted by Gasteiger charge is 2.21. The molecule has 1 fully saturated rings. The molecule has 0 bridgehead atoms. The van der Waals surface area contributed by atoms with Crippen LogP contribution in [0.5, 0.6) is 5.75 Å². The van der Waals surface area contributed by atoms with E-state index in [9.17, 15) is 4.79 Å². The second-order valence-electron chi connectivity index (χ2n) is 5.80. The molecular weight excluding hydrogens is 278 g/mol. The maximum absolute atomic E-state index is 12.2. The summed E-state index contributed by atoms with van der Waals surface area (Å²) in [5, 5.41) is 0.783. The number of pyridine rings is 1. The van der Waals surface area contributed by atoms with Gasteiger partial charge in [0.25, 0.3) is 0 Å². The highest BCUT2D eigenvalue weighted by atomic mass is 16.5. The Morgan fingerprint density at radius 1 is 1.14 bits per heavy atom. The zero-order valence-electron chi connectivity index (χ0n) is 13.1. The van der Waals surface area contributed by atoms with Crippen molar-refractivity contribution in [3.8, 4) is 5.75 Å². The number of carbonyl (C=O) groups excluding carboxylic acids is 1. The average molecular weight is 299 g/mol. The summed E-state index contributed by atoms with van der Waals surface area (Å²) >= 11 is 0. The van der Waals surface area contributed by atoms with Gasteiger partial charge in [-0.3, -0.25) is 4.98 Å². The second-order valence-corrected chi connectivity index (χ2v) is 5.80. The molecule has 1 aromatic heterocycles. The van der Waals surface area contributed by atoms with Crippen LogP contribution in [0.3, 0.4) is 0 Å². The molecule has 0 N–H and O–H groups in total. The van der Waals surface area contributed by atoms with Crippen molar-refractivity contribution in [1.29, 1.82) is 0 Å². The number of carbonyl (C=O) groups is 1. The van der Waals surface area contributed by atoms with Crippen LogP contribution in [0.25, 0.3) is 10.9 Å². The zero-order valence-corrected chi connectivity index (χ0v) is 13.1. The fourth-order valence-electron chi connectivity index (χ4n) is 3.24. The minimum Gasteiger partial charge on any atom is -0.497 e. The number of benzene rings is 1. The minimum atomic E-state index is -0.322. The van der Waals surface area contributed by atoms with Crippen molar-refractivity contribution >= 4 is 16.9 Å². The lowest BCUT2D eigenvalue weighted by atomic mass is 9.86. The SMILES string of the molecule is COC(=O)c1cc(C2CCCCC2)nc2ccc(OC)cc12. The van der Waals surface area contributed by atoms with Gasteiger partial charge in [-0.15, -0.1) is 0 Å². The molecule has 4 nitrogen and oxygen atoms in total. The van der Waals surface area contributed by atoms with Crippen LogP contribution in [0.4, 0.5) is 0 Å². The molecule has 0 spiro atoms. The summed E-state index contributed by atoms with van der Waals surface area (Å²) in [5.41, 5.74) is 2.41. The lowest BCUT2D eigenvalue weighted by Gasteiger charge is -2.22. The van der Waals surface area contributed by atoms with Gasteiger partial charge in [0, 0.05) is 17.0 Å². The third kappa shape index (κ3) is 2.78. The Morgan fingerprint density at radius 3 is 2.59 bits per heavy atom. The maximum atomic E-state index is 12.2. The van der Waals surface area contributed by atoms with Crippen LogP contribution in [-0.4, -0.2) is 25.2 Å².